The van der Waals surface area contributed by atoms with Crippen LogP contribution in [0.4, 0.5) is 10.5 Å². The first-order valence-corrected chi connectivity index (χ1v) is 6.23. The van der Waals surface area contributed by atoms with Crippen LogP contribution in [0, 0.1) is 10.1 Å². The third-order valence-corrected chi connectivity index (χ3v) is 3.05. The number of nitro groups is 1. The van der Waals surface area contributed by atoms with Crippen LogP contribution in [0.1, 0.15) is 12.0 Å². The van der Waals surface area contributed by atoms with Crippen LogP contribution in [0.2, 0.25) is 0 Å². The van der Waals surface area contributed by atoms with E-state index in [-0.39, 0.29) is 18.0 Å². The van der Waals surface area contributed by atoms with Gasteiger partial charge in [0.05, 0.1) is 18.0 Å². The summed E-state index contributed by atoms with van der Waals surface area (Å²) in [5, 5.41) is 10.5. The van der Waals surface area contributed by atoms with Gasteiger partial charge in [-0.3, -0.25) is 19.8 Å². The van der Waals surface area contributed by atoms with Gasteiger partial charge in [0.25, 0.3) is 5.69 Å². The second-order valence-corrected chi connectivity index (χ2v) is 4.50. The van der Waals surface area contributed by atoms with Gasteiger partial charge in [-0.05, 0) is 12.0 Å². The maximum atomic E-state index is 11.7. The number of cyclic esters (lactones) is 1. The molecule has 0 bridgehead atoms. The Balaban J connectivity index is 1.81. The number of Topliss-reactive ketones (excluding diaryl/α,β-unsaturated/α-hetero) is 1. The van der Waals surface area contributed by atoms with Crippen LogP contribution in [-0.4, -0.2) is 41.4 Å². The predicted molar refractivity (Wildman–Crippen MR) is 69.3 cm³/mol. The smallest absolute Gasteiger partial charge is 0.410 e. The number of ketones is 1. The van der Waals surface area contributed by atoms with Gasteiger partial charge in [0.15, 0.2) is 5.78 Å². The quantitative estimate of drug-likeness (QED) is 0.581. The minimum absolute atomic E-state index is 0.0277. The minimum Gasteiger partial charge on any atom is -0.448 e. The molecule has 1 amide bonds. The van der Waals surface area contributed by atoms with Crippen molar-refractivity contribution in [3.8, 4) is 0 Å². The highest BCUT2D eigenvalue weighted by atomic mass is 16.6. The molecule has 20 heavy (non-hydrogen) atoms. The van der Waals surface area contributed by atoms with Crippen LogP contribution in [0.15, 0.2) is 24.3 Å². The topological polar surface area (TPSA) is 89.8 Å². The molecule has 1 heterocycles. The zero-order valence-corrected chi connectivity index (χ0v) is 10.8. The van der Waals surface area contributed by atoms with E-state index < -0.39 is 11.0 Å². The fourth-order valence-electron chi connectivity index (χ4n) is 1.93. The fraction of sp³-hybridized carbons (Fsp3) is 0.385. The first-order valence-electron chi connectivity index (χ1n) is 6.23. The number of amides is 1. The molecular weight excluding hydrogens is 264 g/mol. The Labute approximate surface area is 115 Å². The van der Waals surface area contributed by atoms with E-state index in [2.05, 4.69) is 0 Å². The molecule has 0 N–H and O–H groups in total. The Hall–Kier alpha value is -2.44. The summed E-state index contributed by atoms with van der Waals surface area (Å²) in [5.41, 5.74) is 0.882. The Morgan fingerprint density at radius 2 is 2.05 bits per heavy atom. The molecule has 7 nitrogen and oxygen atoms in total. The molecule has 0 aliphatic carbocycles. The van der Waals surface area contributed by atoms with Gasteiger partial charge in [0.2, 0.25) is 0 Å². The van der Waals surface area contributed by atoms with Gasteiger partial charge < -0.3 is 4.74 Å². The molecule has 7 heteroatoms. The van der Waals surface area contributed by atoms with Crippen LogP contribution in [0.25, 0.3) is 0 Å². The summed E-state index contributed by atoms with van der Waals surface area (Å²) in [5.74, 6) is -0.0535. The van der Waals surface area contributed by atoms with E-state index in [1.54, 1.807) is 12.1 Å². The van der Waals surface area contributed by atoms with E-state index in [1.165, 1.54) is 17.0 Å². The van der Waals surface area contributed by atoms with E-state index >= 15 is 0 Å². The predicted octanol–water partition coefficient (Wildman–Crippen LogP) is 1.55. The van der Waals surface area contributed by atoms with Crippen molar-refractivity contribution in [2.24, 2.45) is 0 Å². The van der Waals surface area contributed by atoms with Gasteiger partial charge in [-0.1, -0.05) is 12.1 Å². The van der Waals surface area contributed by atoms with Crippen molar-refractivity contribution in [2.75, 3.05) is 19.7 Å². The number of ether oxygens (including phenoxy) is 1. The molecule has 0 aromatic heterocycles. The highest BCUT2D eigenvalue weighted by Gasteiger charge is 2.23. The van der Waals surface area contributed by atoms with Gasteiger partial charge in [0, 0.05) is 18.6 Å². The molecule has 1 saturated heterocycles. The number of hydrogen-bond donors (Lipinski definition) is 0. The Bertz CT molecular complexity index is 526. The highest BCUT2D eigenvalue weighted by Crippen LogP contribution is 2.13. The lowest BCUT2D eigenvalue weighted by molar-refractivity contribution is -0.384. The van der Waals surface area contributed by atoms with E-state index in [4.69, 9.17) is 4.74 Å². The van der Waals surface area contributed by atoms with Crippen LogP contribution in [-0.2, 0) is 16.0 Å². The SMILES string of the molecule is O=C(CCc1ccc([N+](=O)[O-])cc1)CN1CCOC1=O. The molecule has 1 aliphatic heterocycles. The largest absolute Gasteiger partial charge is 0.448 e. The van der Waals surface area contributed by atoms with Crippen molar-refractivity contribution in [3.05, 3.63) is 39.9 Å². The molecule has 0 unspecified atom stereocenters. The molecule has 0 spiro atoms. The summed E-state index contributed by atoms with van der Waals surface area (Å²) in [6.07, 6.45) is 0.343. The van der Waals surface area contributed by atoms with Crippen LogP contribution < -0.4 is 0 Å². The molecular formula is C13H14N2O5. The third kappa shape index (κ3) is 3.53. The fourth-order valence-corrected chi connectivity index (χ4v) is 1.93. The van der Waals surface area contributed by atoms with Crippen molar-refractivity contribution >= 4 is 17.6 Å². The maximum absolute atomic E-state index is 11.7. The molecule has 1 fully saturated rings. The number of aryl methyl sites for hydroxylation is 1. The van der Waals surface area contributed by atoms with Crippen molar-refractivity contribution in [1.82, 2.24) is 4.90 Å². The lowest BCUT2D eigenvalue weighted by Gasteiger charge is -2.10. The zero-order chi connectivity index (χ0) is 14.5. The Morgan fingerprint density at radius 3 is 2.60 bits per heavy atom. The van der Waals surface area contributed by atoms with E-state index in [0.717, 1.165) is 5.56 Å². The normalized spacial score (nSPS) is 14.2. The Morgan fingerprint density at radius 1 is 1.35 bits per heavy atom. The second kappa shape index (κ2) is 6.14. The maximum Gasteiger partial charge on any atom is 0.410 e. The van der Waals surface area contributed by atoms with Crippen LogP contribution >= 0.6 is 0 Å². The summed E-state index contributed by atoms with van der Waals surface area (Å²) in [6, 6.07) is 6.10. The first kappa shape index (κ1) is 14.0. The van der Waals surface area contributed by atoms with Gasteiger partial charge in [-0.15, -0.1) is 0 Å². The van der Waals surface area contributed by atoms with E-state index in [9.17, 15) is 19.7 Å². The van der Waals surface area contributed by atoms with Crippen molar-refractivity contribution < 1.29 is 19.2 Å². The lowest BCUT2D eigenvalue weighted by Crippen LogP contribution is -2.30. The number of nitrogens with zero attached hydrogens (tertiary/aromatic N) is 2. The number of benzene rings is 1. The first-order chi connectivity index (χ1) is 9.56. The molecule has 1 aliphatic rings. The summed E-state index contributed by atoms with van der Waals surface area (Å²) in [7, 11) is 0. The van der Waals surface area contributed by atoms with Gasteiger partial charge >= 0.3 is 6.09 Å². The van der Waals surface area contributed by atoms with Crippen LogP contribution in [0.5, 0.6) is 0 Å². The molecule has 1 aromatic rings. The highest BCUT2D eigenvalue weighted by molar-refractivity contribution is 5.84. The lowest BCUT2D eigenvalue weighted by atomic mass is 10.1. The number of rotatable bonds is 6. The second-order valence-electron chi connectivity index (χ2n) is 4.50. The molecule has 2 rings (SSSR count). The van der Waals surface area contributed by atoms with Gasteiger partial charge in [-0.25, -0.2) is 4.79 Å². The standard InChI is InChI=1S/C13H14N2O5/c16-12(9-14-7-8-20-13(14)17)6-3-10-1-4-11(5-2-10)15(18)19/h1-2,4-5H,3,6-9H2. The monoisotopic (exact) mass is 278 g/mol. The molecule has 0 atom stereocenters. The van der Waals surface area contributed by atoms with Gasteiger partial charge in [0.1, 0.15) is 6.61 Å². The molecule has 0 radical (unpaired) electrons. The number of hydrogen-bond acceptors (Lipinski definition) is 5. The van der Waals surface area contributed by atoms with Crippen molar-refractivity contribution in [3.63, 3.8) is 0 Å². The molecule has 0 saturated carbocycles. The summed E-state index contributed by atoms with van der Waals surface area (Å²) < 4.78 is 4.74. The minimum atomic E-state index is -0.464. The van der Waals surface area contributed by atoms with Gasteiger partial charge in [-0.2, -0.15) is 0 Å². The average Bonchev–Trinajstić information content (AvgIpc) is 2.82. The Kier molecular flexibility index (Phi) is 4.29. The van der Waals surface area contributed by atoms with E-state index in [1.807, 2.05) is 0 Å². The number of carbonyl (C=O) groups is 2. The van der Waals surface area contributed by atoms with Crippen LogP contribution in [0.3, 0.4) is 0 Å². The average molecular weight is 278 g/mol. The van der Waals surface area contributed by atoms with Crippen molar-refractivity contribution in [2.45, 2.75) is 12.8 Å². The number of non-ortho nitro benzene ring substituents is 1. The number of nitro benzene ring substituents is 1. The summed E-state index contributed by atoms with van der Waals surface area (Å²) in [4.78, 5) is 34.3. The number of carbonyl (C=O) groups excluding carboxylic acids is 2. The van der Waals surface area contributed by atoms with Crippen molar-refractivity contribution in [1.29, 1.82) is 0 Å². The summed E-state index contributed by atoms with van der Waals surface area (Å²) in [6.45, 7) is 0.836. The molecule has 1 aromatic carbocycles. The van der Waals surface area contributed by atoms with E-state index in [0.29, 0.717) is 26.0 Å². The summed E-state index contributed by atoms with van der Waals surface area (Å²) >= 11 is 0. The molecule has 106 valence electrons. The third-order valence-electron chi connectivity index (χ3n) is 3.05. The zero-order valence-electron chi connectivity index (χ0n) is 10.8.